The minimum atomic E-state index is -2.63. The van der Waals surface area contributed by atoms with Gasteiger partial charge in [0, 0.05) is 76.6 Å². The van der Waals surface area contributed by atoms with Crippen LogP contribution in [-0.4, -0.2) is 54.0 Å². The zero-order valence-electron chi connectivity index (χ0n) is 19.9. The van der Waals surface area contributed by atoms with Crippen molar-refractivity contribution in [1.82, 2.24) is 35.0 Å². The van der Waals surface area contributed by atoms with Crippen molar-refractivity contribution in [2.45, 2.75) is 18.9 Å². The van der Waals surface area contributed by atoms with Gasteiger partial charge in [0.25, 0.3) is 5.92 Å². The highest BCUT2D eigenvalue weighted by Crippen LogP contribution is 2.36. The van der Waals surface area contributed by atoms with Gasteiger partial charge in [0.15, 0.2) is 10.8 Å². The number of aromatic amines is 2. The molecular formula is C27H20F3N7S. The monoisotopic (exact) mass is 531 g/mol. The lowest BCUT2D eigenvalue weighted by atomic mass is 10.1. The second-order valence-corrected chi connectivity index (χ2v) is 10.5. The summed E-state index contributed by atoms with van der Waals surface area (Å²) in [6.45, 7) is 0.554. The quantitative estimate of drug-likeness (QED) is 0.274. The summed E-state index contributed by atoms with van der Waals surface area (Å²) in [6.07, 6.45) is 6.77. The summed E-state index contributed by atoms with van der Waals surface area (Å²) >= 11 is 1.09. The van der Waals surface area contributed by atoms with E-state index in [9.17, 15) is 13.2 Å². The second kappa shape index (κ2) is 8.74. The smallest absolute Gasteiger partial charge is 0.261 e. The van der Waals surface area contributed by atoms with Crippen molar-refractivity contribution in [2.24, 2.45) is 0 Å². The highest BCUT2D eigenvalue weighted by atomic mass is 32.1. The van der Waals surface area contributed by atoms with Crippen molar-refractivity contribution in [2.75, 3.05) is 13.1 Å². The molecule has 7 heterocycles. The summed E-state index contributed by atoms with van der Waals surface area (Å²) in [4.78, 5) is 19.3. The summed E-state index contributed by atoms with van der Waals surface area (Å²) in [7, 11) is 0. The highest BCUT2D eigenvalue weighted by Gasteiger charge is 2.37. The third-order valence-electron chi connectivity index (χ3n) is 6.83. The molecule has 0 bridgehead atoms. The van der Waals surface area contributed by atoms with Gasteiger partial charge in [0.2, 0.25) is 0 Å². The summed E-state index contributed by atoms with van der Waals surface area (Å²) in [5.41, 5.74) is 6.21. The van der Waals surface area contributed by atoms with Crippen LogP contribution < -0.4 is 0 Å². The molecule has 0 saturated carbocycles. The van der Waals surface area contributed by atoms with Gasteiger partial charge in [-0.05, 0) is 42.0 Å². The third-order valence-corrected chi connectivity index (χ3v) is 7.74. The molecule has 7 rings (SSSR count). The Balaban J connectivity index is 1.24. The number of nitrogens with one attached hydrogen (secondary N) is 2. The van der Waals surface area contributed by atoms with Gasteiger partial charge in [-0.1, -0.05) is 0 Å². The van der Waals surface area contributed by atoms with Crippen molar-refractivity contribution >= 4 is 33.4 Å². The molecule has 38 heavy (non-hydrogen) atoms. The van der Waals surface area contributed by atoms with Gasteiger partial charge >= 0.3 is 0 Å². The number of nitrogens with zero attached hydrogens (tertiary/aromatic N) is 5. The Morgan fingerprint density at radius 3 is 2.71 bits per heavy atom. The molecule has 2 N–H and O–H groups in total. The highest BCUT2D eigenvalue weighted by molar-refractivity contribution is 7.14. The average molecular weight is 532 g/mol. The molecule has 0 atom stereocenters. The minimum Gasteiger partial charge on any atom is -0.338 e. The molecule has 6 aromatic rings. The third kappa shape index (κ3) is 4.13. The maximum Gasteiger partial charge on any atom is 0.261 e. The largest absolute Gasteiger partial charge is 0.338 e. The van der Waals surface area contributed by atoms with Crippen molar-refractivity contribution in [1.29, 1.82) is 0 Å². The zero-order chi connectivity index (χ0) is 25.9. The maximum atomic E-state index is 13.7. The molecule has 6 aromatic heterocycles. The second-order valence-electron chi connectivity index (χ2n) is 9.50. The van der Waals surface area contributed by atoms with Gasteiger partial charge in [0.05, 0.1) is 17.9 Å². The first kappa shape index (κ1) is 23.1. The van der Waals surface area contributed by atoms with Gasteiger partial charge < -0.3 is 4.98 Å². The number of rotatable bonds is 5. The maximum absolute atomic E-state index is 13.7. The van der Waals surface area contributed by atoms with E-state index in [1.807, 2.05) is 24.3 Å². The van der Waals surface area contributed by atoms with Crippen LogP contribution in [0.1, 0.15) is 12.0 Å². The van der Waals surface area contributed by atoms with Gasteiger partial charge in [0.1, 0.15) is 5.65 Å². The Hall–Kier alpha value is -4.09. The summed E-state index contributed by atoms with van der Waals surface area (Å²) in [5, 5.41) is 8.89. The molecule has 0 amide bonds. The molecule has 0 radical (unpaired) electrons. The lowest BCUT2D eigenvalue weighted by Crippen LogP contribution is -2.24. The van der Waals surface area contributed by atoms with E-state index < -0.39 is 5.92 Å². The van der Waals surface area contributed by atoms with Crippen LogP contribution in [-0.2, 0) is 6.54 Å². The van der Waals surface area contributed by atoms with E-state index in [-0.39, 0.29) is 18.1 Å². The van der Waals surface area contributed by atoms with E-state index in [4.69, 9.17) is 0 Å². The summed E-state index contributed by atoms with van der Waals surface area (Å²) in [6, 6.07) is 11.0. The average Bonchev–Trinajstić information content (AvgIpc) is 3.69. The number of hydrogen-bond acceptors (Lipinski definition) is 6. The van der Waals surface area contributed by atoms with Crippen molar-refractivity contribution in [3.05, 3.63) is 71.9 Å². The molecule has 1 saturated heterocycles. The van der Waals surface area contributed by atoms with Gasteiger partial charge in [-0.3, -0.25) is 15.0 Å². The molecule has 190 valence electrons. The number of halogens is 3. The SMILES string of the molecule is Fc1ccc(-c2ccnc3[nH]c(-c4[nH]nc5ncc(-c6cncc(CN7CCC(F)(F)C7)c6)cc45)cc23)s1. The fourth-order valence-corrected chi connectivity index (χ4v) is 5.80. The van der Waals surface area contributed by atoms with Crippen LogP contribution in [0.15, 0.2) is 61.2 Å². The normalized spacial score (nSPS) is 15.7. The Morgan fingerprint density at radius 2 is 1.89 bits per heavy atom. The van der Waals surface area contributed by atoms with Crippen LogP contribution in [0.4, 0.5) is 13.2 Å². The van der Waals surface area contributed by atoms with Crippen LogP contribution >= 0.6 is 11.3 Å². The molecule has 0 unspecified atom stereocenters. The number of thiophene rings is 1. The molecule has 1 aliphatic rings. The Morgan fingerprint density at radius 1 is 1.00 bits per heavy atom. The van der Waals surface area contributed by atoms with Gasteiger partial charge in [-0.25, -0.2) is 18.7 Å². The van der Waals surface area contributed by atoms with E-state index in [1.165, 1.54) is 6.07 Å². The summed E-state index contributed by atoms with van der Waals surface area (Å²) < 4.78 is 40.9. The van der Waals surface area contributed by atoms with Crippen LogP contribution in [0.25, 0.3) is 55.0 Å². The molecule has 0 aromatic carbocycles. The molecular weight excluding hydrogens is 511 g/mol. The Kier molecular flexibility index (Phi) is 5.31. The Labute approximate surface area is 218 Å². The lowest BCUT2D eigenvalue weighted by molar-refractivity contribution is 0.0115. The van der Waals surface area contributed by atoms with Crippen LogP contribution in [0.3, 0.4) is 0 Å². The van der Waals surface area contributed by atoms with E-state index in [1.54, 1.807) is 35.8 Å². The molecule has 1 aliphatic heterocycles. The first-order valence-electron chi connectivity index (χ1n) is 12.0. The lowest BCUT2D eigenvalue weighted by Gasteiger charge is -2.15. The minimum absolute atomic E-state index is 0.112. The molecule has 0 spiro atoms. The van der Waals surface area contributed by atoms with E-state index in [0.29, 0.717) is 24.4 Å². The molecule has 7 nitrogen and oxygen atoms in total. The Bertz CT molecular complexity index is 1810. The van der Waals surface area contributed by atoms with E-state index >= 15 is 0 Å². The topological polar surface area (TPSA) is 86.4 Å². The molecule has 11 heteroatoms. The number of fused-ring (bicyclic) bond motifs is 2. The molecule has 1 fully saturated rings. The number of alkyl halides is 2. The van der Waals surface area contributed by atoms with Gasteiger partial charge in [-0.15, -0.1) is 11.3 Å². The van der Waals surface area contributed by atoms with Crippen molar-refractivity contribution in [3.63, 3.8) is 0 Å². The van der Waals surface area contributed by atoms with Crippen LogP contribution in [0.5, 0.6) is 0 Å². The van der Waals surface area contributed by atoms with Crippen molar-refractivity contribution < 1.29 is 13.2 Å². The predicted molar refractivity (Wildman–Crippen MR) is 140 cm³/mol. The predicted octanol–water partition coefficient (Wildman–Crippen LogP) is 6.27. The number of likely N-dealkylation sites (tertiary alicyclic amines) is 1. The first-order chi connectivity index (χ1) is 18.4. The zero-order valence-corrected chi connectivity index (χ0v) is 20.7. The fraction of sp³-hybridized carbons (Fsp3) is 0.185. The number of aromatic nitrogens is 6. The molecule has 0 aliphatic carbocycles. The number of pyridine rings is 3. The number of hydrogen-bond donors (Lipinski definition) is 2. The van der Waals surface area contributed by atoms with E-state index in [0.717, 1.165) is 60.6 Å². The van der Waals surface area contributed by atoms with Gasteiger partial charge in [-0.2, -0.15) is 9.49 Å². The van der Waals surface area contributed by atoms with E-state index in [2.05, 4.69) is 30.1 Å². The van der Waals surface area contributed by atoms with Crippen molar-refractivity contribution in [3.8, 4) is 33.0 Å². The van der Waals surface area contributed by atoms with Crippen LogP contribution in [0.2, 0.25) is 0 Å². The standard InChI is InChI=1S/C27H20F3N7S/c28-23-2-1-22(38-23)18-3-5-32-25-19(18)9-21(34-25)24-20-8-17(12-33-26(20)36-35-24)16-7-15(10-31-11-16)13-37-6-4-27(29,30)14-37/h1-3,5,7-12H,4,6,13-14H2,(H,32,34)(H,33,35,36). The first-order valence-corrected chi connectivity index (χ1v) is 12.9. The number of H-pyrrole nitrogens is 2. The summed E-state index contributed by atoms with van der Waals surface area (Å²) in [5.74, 6) is -2.63. The fourth-order valence-electron chi connectivity index (χ4n) is 5.03. The van der Waals surface area contributed by atoms with Crippen LogP contribution in [0, 0.1) is 5.13 Å².